The average molecular weight is 230 g/mol. The van der Waals surface area contributed by atoms with Crippen LogP contribution >= 0.6 is 23.2 Å². The number of hydrogen-bond donors (Lipinski definition) is 0. The molecule has 1 aliphatic rings. The van der Waals surface area contributed by atoms with Crippen LogP contribution in [-0.2, 0) is 6.42 Å². The third kappa shape index (κ3) is 1.71. The average Bonchev–Trinajstić information content (AvgIpc) is 2.58. The summed E-state index contributed by atoms with van der Waals surface area (Å²) in [6.45, 7) is 0.885. The normalized spacial score (nSPS) is 19.9. The fourth-order valence-corrected chi connectivity index (χ4v) is 2.51. The number of rotatable bonds is 3. The van der Waals surface area contributed by atoms with Crippen LogP contribution in [0.5, 0.6) is 0 Å². The van der Waals surface area contributed by atoms with Gasteiger partial charge in [-0.05, 0) is 18.1 Å². The summed E-state index contributed by atoms with van der Waals surface area (Å²) in [6.07, 6.45) is 1.05. The van der Waals surface area contributed by atoms with Crippen molar-refractivity contribution in [3.63, 3.8) is 0 Å². The molecule has 0 spiro atoms. The zero-order valence-corrected chi connectivity index (χ0v) is 9.43. The highest BCUT2D eigenvalue weighted by atomic mass is 35.5. The molecule has 0 bridgehead atoms. The van der Waals surface area contributed by atoms with Crippen LogP contribution in [-0.4, -0.2) is 24.3 Å². The summed E-state index contributed by atoms with van der Waals surface area (Å²) < 4.78 is 0. The van der Waals surface area contributed by atoms with Crippen LogP contribution in [0.3, 0.4) is 0 Å². The molecule has 1 aromatic rings. The summed E-state index contributed by atoms with van der Waals surface area (Å²) in [6, 6.07) is 8.88. The van der Waals surface area contributed by atoms with Crippen molar-refractivity contribution in [2.75, 3.05) is 23.2 Å². The van der Waals surface area contributed by atoms with E-state index in [0.717, 1.165) is 13.0 Å². The molecule has 14 heavy (non-hydrogen) atoms. The van der Waals surface area contributed by atoms with E-state index in [1.165, 1.54) is 11.3 Å². The number of alkyl halides is 2. The molecule has 1 heterocycles. The third-order valence-corrected chi connectivity index (χ3v) is 3.23. The molecule has 0 aliphatic carbocycles. The maximum absolute atomic E-state index is 5.94. The van der Waals surface area contributed by atoms with Gasteiger partial charge in [-0.2, -0.15) is 0 Å². The molecule has 2 rings (SSSR count). The first-order valence-electron chi connectivity index (χ1n) is 4.83. The quantitative estimate of drug-likeness (QED) is 0.721. The fourth-order valence-electron chi connectivity index (χ4n) is 2.06. The van der Waals surface area contributed by atoms with E-state index in [2.05, 4.69) is 29.2 Å². The molecule has 3 heteroatoms. The Hall–Kier alpha value is -0.400. The van der Waals surface area contributed by atoms with E-state index in [0.29, 0.717) is 17.8 Å². The highest BCUT2D eigenvalue weighted by Crippen LogP contribution is 2.32. The van der Waals surface area contributed by atoms with E-state index in [1.54, 1.807) is 0 Å². The number of benzene rings is 1. The van der Waals surface area contributed by atoms with Gasteiger partial charge in [0.05, 0.1) is 0 Å². The first-order chi connectivity index (χ1) is 6.86. The Balaban J connectivity index is 2.27. The Bertz CT molecular complexity index is 314. The Morgan fingerprint density at radius 1 is 1.29 bits per heavy atom. The number of para-hydroxylation sites is 1. The van der Waals surface area contributed by atoms with Crippen molar-refractivity contribution < 1.29 is 0 Å². The Morgan fingerprint density at radius 2 is 2.07 bits per heavy atom. The topological polar surface area (TPSA) is 3.24 Å². The van der Waals surface area contributed by atoms with Crippen LogP contribution < -0.4 is 4.90 Å². The minimum absolute atomic E-state index is 0.424. The minimum atomic E-state index is 0.424. The molecule has 0 aromatic heterocycles. The van der Waals surface area contributed by atoms with Gasteiger partial charge < -0.3 is 4.90 Å². The lowest BCUT2D eigenvalue weighted by Gasteiger charge is -2.24. The summed E-state index contributed by atoms with van der Waals surface area (Å²) in [5.41, 5.74) is 2.70. The van der Waals surface area contributed by atoms with Crippen molar-refractivity contribution in [2.24, 2.45) is 0 Å². The van der Waals surface area contributed by atoms with Gasteiger partial charge in [-0.3, -0.25) is 0 Å². The van der Waals surface area contributed by atoms with E-state index >= 15 is 0 Å². The van der Waals surface area contributed by atoms with E-state index < -0.39 is 0 Å². The van der Waals surface area contributed by atoms with Crippen LogP contribution in [0.4, 0.5) is 5.69 Å². The van der Waals surface area contributed by atoms with Gasteiger partial charge in [0.1, 0.15) is 0 Å². The monoisotopic (exact) mass is 229 g/mol. The number of fused-ring (bicyclic) bond motifs is 1. The van der Waals surface area contributed by atoms with E-state index in [9.17, 15) is 0 Å². The smallest absolute Gasteiger partial charge is 0.0467 e. The van der Waals surface area contributed by atoms with Crippen molar-refractivity contribution in [1.29, 1.82) is 0 Å². The predicted octanol–water partition coefficient (Wildman–Crippen LogP) is 2.90. The zero-order chi connectivity index (χ0) is 9.97. The molecule has 0 fully saturated rings. The van der Waals surface area contributed by atoms with Gasteiger partial charge in [-0.1, -0.05) is 18.2 Å². The molecule has 0 saturated carbocycles. The molecule has 0 radical (unpaired) electrons. The van der Waals surface area contributed by atoms with E-state index in [4.69, 9.17) is 23.2 Å². The first-order valence-corrected chi connectivity index (χ1v) is 5.90. The highest BCUT2D eigenvalue weighted by molar-refractivity contribution is 6.19. The number of nitrogens with zero attached hydrogens (tertiary/aromatic N) is 1. The fraction of sp³-hybridized carbons (Fsp3) is 0.455. The molecule has 0 amide bonds. The molecule has 1 atom stereocenters. The van der Waals surface area contributed by atoms with Gasteiger partial charge in [0.2, 0.25) is 0 Å². The molecule has 0 saturated heterocycles. The number of halogens is 2. The summed E-state index contributed by atoms with van der Waals surface area (Å²) >= 11 is 11.7. The third-order valence-electron chi connectivity index (χ3n) is 2.70. The summed E-state index contributed by atoms with van der Waals surface area (Å²) in [7, 11) is 0. The van der Waals surface area contributed by atoms with Crippen LogP contribution in [0.2, 0.25) is 0 Å². The van der Waals surface area contributed by atoms with Gasteiger partial charge in [0.25, 0.3) is 0 Å². The van der Waals surface area contributed by atoms with Crippen molar-refractivity contribution in [3.05, 3.63) is 29.8 Å². The number of anilines is 1. The molecule has 76 valence electrons. The summed E-state index contributed by atoms with van der Waals surface area (Å²) in [5, 5.41) is 0. The Morgan fingerprint density at radius 3 is 2.79 bits per heavy atom. The molecular formula is C11H13Cl2N. The SMILES string of the molecule is ClCCN1c2ccccc2CC1CCl. The molecule has 1 aromatic carbocycles. The van der Waals surface area contributed by atoms with Gasteiger partial charge in [-0.15, -0.1) is 23.2 Å². The maximum Gasteiger partial charge on any atom is 0.0467 e. The Kier molecular flexibility index (Phi) is 3.19. The van der Waals surface area contributed by atoms with Gasteiger partial charge in [0, 0.05) is 30.0 Å². The van der Waals surface area contributed by atoms with Crippen molar-refractivity contribution in [3.8, 4) is 0 Å². The Labute approximate surface area is 94.6 Å². The second kappa shape index (κ2) is 4.41. The lowest BCUT2D eigenvalue weighted by Crippen LogP contribution is -2.34. The number of hydrogen-bond acceptors (Lipinski definition) is 1. The molecule has 0 N–H and O–H groups in total. The lowest BCUT2D eigenvalue weighted by molar-refractivity contribution is 0.698. The van der Waals surface area contributed by atoms with Gasteiger partial charge in [0.15, 0.2) is 0 Å². The second-order valence-corrected chi connectivity index (χ2v) is 4.21. The van der Waals surface area contributed by atoms with E-state index in [1.807, 2.05) is 0 Å². The van der Waals surface area contributed by atoms with Crippen molar-refractivity contribution in [1.82, 2.24) is 0 Å². The van der Waals surface area contributed by atoms with Gasteiger partial charge >= 0.3 is 0 Å². The molecular weight excluding hydrogens is 217 g/mol. The van der Waals surface area contributed by atoms with Crippen molar-refractivity contribution >= 4 is 28.9 Å². The van der Waals surface area contributed by atoms with Gasteiger partial charge in [-0.25, -0.2) is 0 Å². The largest absolute Gasteiger partial charge is 0.366 e. The minimum Gasteiger partial charge on any atom is -0.366 e. The maximum atomic E-state index is 5.94. The molecule has 1 unspecified atom stereocenters. The second-order valence-electron chi connectivity index (χ2n) is 3.52. The lowest BCUT2D eigenvalue weighted by atomic mass is 10.1. The molecule has 1 aliphatic heterocycles. The van der Waals surface area contributed by atoms with E-state index in [-0.39, 0.29) is 0 Å². The van der Waals surface area contributed by atoms with Crippen LogP contribution in [0.25, 0.3) is 0 Å². The molecule has 1 nitrogen and oxygen atoms in total. The summed E-state index contributed by atoms with van der Waals surface area (Å²) in [5.74, 6) is 1.33. The van der Waals surface area contributed by atoms with Crippen LogP contribution in [0, 0.1) is 0 Å². The summed E-state index contributed by atoms with van der Waals surface area (Å²) in [4.78, 5) is 2.31. The first kappa shape index (κ1) is 10.1. The van der Waals surface area contributed by atoms with Crippen LogP contribution in [0.15, 0.2) is 24.3 Å². The highest BCUT2D eigenvalue weighted by Gasteiger charge is 2.27. The van der Waals surface area contributed by atoms with Crippen LogP contribution in [0.1, 0.15) is 5.56 Å². The zero-order valence-electron chi connectivity index (χ0n) is 7.92. The van der Waals surface area contributed by atoms with Crippen molar-refractivity contribution in [2.45, 2.75) is 12.5 Å². The standard InChI is InChI=1S/C11H13Cl2N/c12-5-6-14-10(8-13)7-9-3-1-2-4-11(9)14/h1-4,10H,5-8H2. The predicted molar refractivity (Wildman–Crippen MR) is 62.7 cm³/mol.